The minimum absolute atomic E-state index is 0.103. The molecule has 22 heavy (non-hydrogen) atoms. The van der Waals surface area contributed by atoms with Crippen molar-refractivity contribution >= 4 is 22.4 Å². The van der Waals surface area contributed by atoms with E-state index in [0.29, 0.717) is 31.0 Å². The number of piperidine rings is 2. The fraction of sp³-hybridized carbons (Fsp3) is 0.846. The summed E-state index contributed by atoms with van der Waals surface area (Å²) in [4.78, 5) is 0. The smallest absolute Gasteiger partial charge is 0.281 e. The molecule has 2 fully saturated rings. The lowest BCUT2D eigenvalue weighted by Crippen LogP contribution is -2.49. The third-order valence-electron chi connectivity index (χ3n) is 4.63. The summed E-state index contributed by atoms with van der Waals surface area (Å²) < 4.78 is 31.3. The van der Waals surface area contributed by atoms with Crippen LogP contribution in [0.1, 0.15) is 43.8 Å². The number of nitrogens with one attached hydrogen (secondary N) is 1. The van der Waals surface area contributed by atoms with Gasteiger partial charge >= 0.3 is 0 Å². The van der Waals surface area contributed by atoms with Gasteiger partial charge in [0.05, 0.1) is 0 Å². The van der Waals surface area contributed by atoms with E-state index in [-0.39, 0.29) is 5.92 Å². The van der Waals surface area contributed by atoms with Crippen LogP contribution in [0, 0.1) is 4.77 Å². The van der Waals surface area contributed by atoms with Gasteiger partial charge < -0.3 is 4.57 Å². The molecule has 0 bridgehead atoms. The standard InChI is InChI=1S/C13H23N5O2S2/c1-16-12(14-15-13(16)21)11-6-5-9-18(10-11)22(19,20)17-7-3-2-4-8-17/h11H,2-10H2,1H3,(H,15,21)/t11-/m0/s1. The van der Waals surface area contributed by atoms with Gasteiger partial charge in [0.2, 0.25) is 0 Å². The zero-order valence-corrected chi connectivity index (χ0v) is 14.5. The summed E-state index contributed by atoms with van der Waals surface area (Å²) in [6.45, 7) is 2.39. The van der Waals surface area contributed by atoms with Gasteiger partial charge in [0.1, 0.15) is 5.82 Å². The maximum atomic E-state index is 12.8. The maximum Gasteiger partial charge on any atom is 0.281 e. The maximum absolute atomic E-state index is 12.8. The Bertz CT molecular complexity index is 675. The van der Waals surface area contributed by atoms with Crippen LogP contribution >= 0.6 is 12.2 Å². The normalized spacial score (nSPS) is 25.4. The Morgan fingerprint density at radius 2 is 1.82 bits per heavy atom. The van der Waals surface area contributed by atoms with E-state index in [2.05, 4.69) is 10.2 Å². The Labute approximate surface area is 136 Å². The first-order valence-corrected chi connectivity index (χ1v) is 9.67. The minimum atomic E-state index is -3.34. The quantitative estimate of drug-likeness (QED) is 0.840. The molecular weight excluding hydrogens is 322 g/mol. The molecule has 2 aliphatic rings. The number of aromatic nitrogens is 3. The molecule has 124 valence electrons. The molecule has 1 atom stereocenters. The first-order chi connectivity index (χ1) is 10.5. The zero-order chi connectivity index (χ0) is 15.7. The highest BCUT2D eigenvalue weighted by molar-refractivity contribution is 7.86. The molecule has 1 aromatic rings. The summed E-state index contributed by atoms with van der Waals surface area (Å²) in [7, 11) is -1.46. The average Bonchev–Trinajstić information content (AvgIpc) is 2.88. The summed E-state index contributed by atoms with van der Waals surface area (Å²) in [6, 6.07) is 0. The number of aromatic amines is 1. The third-order valence-corrected chi connectivity index (χ3v) is 7.00. The van der Waals surface area contributed by atoms with Crippen LogP contribution in [0.4, 0.5) is 0 Å². The van der Waals surface area contributed by atoms with Crippen molar-refractivity contribution in [3.8, 4) is 0 Å². The van der Waals surface area contributed by atoms with E-state index >= 15 is 0 Å². The summed E-state index contributed by atoms with van der Waals surface area (Å²) in [5.41, 5.74) is 0. The Hall–Kier alpha value is -0.770. The highest BCUT2D eigenvalue weighted by atomic mass is 32.2. The molecule has 3 rings (SSSR count). The van der Waals surface area contributed by atoms with E-state index < -0.39 is 10.2 Å². The topological polar surface area (TPSA) is 74.2 Å². The molecule has 0 aromatic carbocycles. The third kappa shape index (κ3) is 2.99. The van der Waals surface area contributed by atoms with Gasteiger partial charge in [0.25, 0.3) is 10.2 Å². The first kappa shape index (κ1) is 16.1. The summed E-state index contributed by atoms with van der Waals surface area (Å²) in [6.07, 6.45) is 4.85. The lowest BCUT2D eigenvalue weighted by atomic mass is 9.99. The molecule has 0 spiro atoms. The van der Waals surface area contributed by atoms with Crippen LogP contribution in [-0.2, 0) is 17.3 Å². The predicted octanol–water partition coefficient (Wildman–Crippen LogP) is 1.39. The van der Waals surface area contributed by atoms with Crippen molar-refractivity contribution in [1.29, 1.82) is 0 Å². The second-order valence-corrected chi connectivity index (χ2v) is 8.43. The number of hydrogen-bond acceptors (Lipinski definition) is 4. The van der Waals surface area contributed by atoms with Crippen molar-refractivity contribution in [2.24, 2.45) is 7.05 Å². The van der Waals surface area contributed by atoms with Crippen LogP contribution in [0.25, 0.3) is 0 Å². The van der Waals surface area contributed by atoms with Crippen molar-refractivity contribution < 1.29 is 8.42 Å². The summed E-state index contributed by atoms with van der Waals surface area (Å²) >= 11 is 5.15. The predicted molar refractivity (Wildman–Crippen MR) is 86.3 cm³/mol. The molecule has 1 N–H and O–H groups in total. The summed E-state index contributed by atoms with van der Waals surface area (Å²) in [5, 5.41) is 7.07. The van der Waals surface area contributed by atoms with Gasteiger partial charge in [-0.3, -0.25) is 5.10 Å². The van der Waals surface area contributed by atoms with Gasteiger partial charge in [-0.2, -0.15) is 22.1 Å². The van der Waals surface area contributed by atoms with Crippen molar-refractivity contribution in [3.63, 3.8) is 0 Å². The van der Waals surface area contributed by atoms with Gasteiger partial charge in [-0.1, -0.05) is 6.42 Å². The lowest BCUT2D eigenvalue weighted by molar-refractivity contribution is 0.263. The molecule has 0 saturated carbocycles. The second kappa shape index (κ2) is 6.38. The van der Waals surface area contributed by atoms with Crippen LogP contribution in [-0.4, -0.2) is 58.0 Å². The fourth-order valence-corrected chi connectivity index (χ4v) is 5.26. The molecule has 1 aromatic heterocycles. The Morgan fingerprint density at radius 1 is 1.14 bits per heavy atom. The van der Waals surface area contributed by atoms with Gasteiger partial charge in [0, 0.05) is 39.1 Å². The van der Waals surface area contributed by atoms with Crippen molar-refractivity contribution in [3.05, 3.63) is 10.6 Å². The van der Waals surface area contributed by atoms with Gasteiger partial charge in [-0.15, -0.1) is 0 Å². The molecule has 2 saturated heterocycles. The summed E-state index contributed by atoms with van der Waals surface area (Å²) in [5.74, 6) is 0.954. The largest absolute Gasteiger partial charge is 0.307 e. The molecular formula is C13H23N5O2S2. The highest BCUT2D eigenvalue weighted by Crippen LogP contribution is 2.28. The Kier molecular flexibility index (Phi) is 4.67. The Balaban J connectivity index is 1.77. The second-order valence-electron chi connectivity index (χ2n) is 6.11. The molecule has 0 radical (unpaired) electrons. The number of H-pyrrole nitrogens is 1. The molecule has 3 heterocycles. The number of nitrogens with zero attached hydrogens (tertiary/aromatic N) is 4. The van der Waals surface area contributed by atoms with Crippen molar-refractivity contribution in [2.45, 2.75) is 38.0 Å². The zero-order valence-electron chi connectivity index (χ0n) is 12.9. The van der Waals surface area contributed by atoms with Crippen LogP contribution in [0.3, 0.4) is 0 Å². The van der Waals surface area contributed by atoms with E-state index in [1.54, 1.807) is 8.61 Å². The molecule has 2 aliphatic heterocycles. The average molecular weight is 345 g/mol. The van der Waals surface area contributed by atoms with Crippen molar-refractivity contribution in [1.82, 2.24) is 23.4 Å². The highest BCUT2D eigenvalue weighted by Gasteiger charge is 2.35. The molecule has 0 aliphatic carbocycles. The van der Waals surface area contributed by atoms with E-state index in [4.69, 9.17) is 12.2 Å². The van der Waals surface area contributed by atoms with Crippen LogP contribution < -0.4 is 0 Å². The minimum Gasteiger partial charge on any atom is -0.307 e. The first-order valence-electron chi connectivity index (χ1n) is 7.86. The van der Waals surface area contributed by atoms with Gasteiger partial charge in [0.15, 0.2) is 4.77 Å². The van der Waals surface area contributed by atoms with E-state index in [1.807, 2.05) is 11.6 Å². The molecule has 7 nitrogen and oxygen atoms in total. The van der Waals surface area contributed by atoms with E-state index in [0.717, 1.165) is 37.9 Å². The van der Waals surface area contributed by atoms with Crippen LogP contribution in [0.5, 0.6) is 0 Å². The van der Waals surface area contributed by atoms with Gasteiger partial charge in [-0.05, 0) is 37.9 Å². The lowest BCUT2D eigenvalue weighted by Gasteiger charge is -2.36. The number of rotatable bonds is 3. The van der Waals surface area contributed by atoms with Crippen LogP contribution in [0.2, 0.25) is 0 Å². The monoisotopic (exact) mass is 345 g/mol. The van der Waals surface area contributed by atoms with E-state index in [9.17, 15) is 8.42 Å². The van der Waals surface area contributed by atoms with Gasteiger partial charge in [-0.25, -0.2) is 0 Å². The Morgan fingerprint density at radius 3 is 2.45 bits per heavy atom. The SMILES string of the molecule is Cn1c([C@H]2CCCN(S(=O)(=O)N3CCCCC3)C2)n[nH]c1=S. The molecule has 0 unspecified atom stereocenters. The molecule has 9 heteroatoms. The van der Waals surface area contributed by atoms with Crippen molar-refractivity contribution in [2.75, 3.05) is 26.2 Å². The van der Waals surface area contributed by atoms with E-state index in [1.165, 1.54) is 0 Å². The van der Waals surface area contributed by atoms with Crippen LogP contribution in [0.15, 0.2) is 0 Å². The number of hydrogen-bond donors (Lipinski definition) is 1. The molecule has 0 amide bonds. The fourth-order valence-electron chi connectivity index (χ4n) is 3.35.